The number of aliphatic carboxylic acids is 3. The van der Waals surface area contributed by atoms with E-state index in [2.05, 4.69) is 0 Å². The molecular weight excluding hydrogens is 216 g/mol. The summed E-state index contributed by atoms with van der Waals surface area (Å²) in [5.74, 6) is -6.57. The molecule has 3 N–H and O–H groups in total. The molecular formula is C10H12O6. The van der Waals surface area contributed by atoms with E-state index < -0.39 is 35.7 Å². The highest BCUT2D eigenvalue weighted by Crippen LogP contribution is 2.33. The Hall–Kier alpha value is -1.85. The van der Waals surface area contributed by atoms with E-state index in [1.54, 1.807) is 0 Å². The number of hydrogen-bond acceptors (Lipinski definition) is 3. The molecule has 0 aromatic rings. The first kappa shape index (κ1) is 12.2. The fourth-order valence-corrected chi connectivity index (χ4v) is 1.97. The maximum atomic E-state index is 11.0. The Morgan fingerprint density at radius 3 is 2.19 bits per heavy atom. The Balaban J connectivity index is 2.94. The molecule has 6 heteroatoms. The second kappa shape index (κ2) is 4.78. The van der Waals surface area contributed by atoms with Crippen molar-refractivity contribution in [3.8, 4) is 0 Å². The van der Waals surface area contributed by atoms with Crippen molar-refractivity contribution in [3.63, 3.8) is 0 Å². The summed E-state index contributed by atoms with van der Waals surface area (Å²) in [5.41, 5.74) is 0. The highest BCUT2D eigenvalue weighted by molar-refractivity contribution is 5.82. The summed E-state index contributed by atoms with van der Waals surface area (Å²) in [5, 5.41) is 26.4. The maximum absolute atomic E-state index is 11.0. The first-order chi connectivity index (χ1) is 7.43. The van der Waals surface area contributed by atoms with Crippen LogP contribution in [0.4, 0.5) is 0 Å². The van der Waals surface area contributed by atoms with Crippen molar-refractivity contribution >= 4 is 17.9 Å². The van der Waals surface area contributed by atoms with Crippen LogP contribution in [0.15, 0.2) is 12.2 Å². The molecule has 1 aliphatic carbocycles. The van der Waals surface area contributed by atoms with Gasteiger partial charge in [0.15, 0.2) is 0 Å². The SMILES string of the molecule is O=C(O)CC1C=CCC(C(=O)O)C1C(=O)O. The van der Waals surface area contributed by atoms with Crippen molar-refractivity contribution in [1.29, 1.82) is 0 Å². The molecule has 3 unspecified atom stereocenters. The van der Waals surface area contributed by atoms with Crippen LogP contribution in [0, 0.1) is 17.8 Å². The molecule has 0 radical (unpaired) electrons. The molecule has 1 aliphatic rings. The molecule has 0 fully saturated rings. The standard InChI is InChI=1S/C10H12O6/c11-7(12)4-5-2-1-3-6(9(13)14)8(5)10(15)16/h1-2,5-6,8H,3-4H2,(H,11,12)(H,13,14)(H,15,16). The van der Waals surface area contributed by atoms with Crippen LogP contribution in [0.25, 0.3) is 0 Å². The molecule has 3 atom stereocenters. The normalized spacial score (nSPS) is 28.6. The third-order valence-electron chi connectivity index (χ3n) is 2.68. The van der Waals surface area contributed by atoms with Crippen LogP contribution in [-0.4, -0.2) is 33.2 Å². The van der Waals surface area contributed by atoms with Gasteiger partial charge in [-0.3, -0.25) is 14.4 Å². The van der Waals surface area contributed by atoms with Gasteiger partial charge in [-0.2, -0.15) is 0 Å². The van der Waals surface area contributed by atoms with Gasteiger partial charge in [-0.25, -0.2) is 0 Å². The fraction of sp³-hybridized carbons (Fsp3) is 0.500. The molecule has 0 amide bonds. The number of hydrogen-bond donors (Lipinski definition) is 3. The van der Waals surface area contributed by atoms with E-state index in [0.717, 1.165) is 0 Å². The third-order valence-corrected chi connectivity index (χ3v) is 2.68. The van der Waals surface area contributed by atoms with Gasteiger partial charge in [0.1, 0.15) is 0 Å². The van der Waals surface area contributed by atoms with Gasteiger partial charge >= 0.3 is 17.9 Å². The summed E-state index contributed by atoms with van der Waals surface area (Å²) in [6, 6.07) is 0. The number of allylic oxidation sites excluding steroid dienone is 2. The number of carbonyl (C=O) groups is 3. The van der Waals surface area contributed by atoms with Gasteiger partial charge in [-0.1, -0.05) is 12.2 Å². The van der Waals surface area contributed by atoms with Crippen molar-refractivity contribution < 1.29 is 29.7 Å². The molecule has 6 nitrogen and oxygen atoms in total. The highest BCUT2D eigenvalue weighted by atomic mass is 16.4. The average molecular weight is 228 g/mol. The lowest BCUT2D eigenvalue weighted by molar-refractivity contribution is -0.156. The molecule has 16 heavy (non-hydrogen) atoms. The lowest BCUT2D eigenvalue weighted by Crippen LogP contribution is -2.37. The third kappa shape index (κ3) is 2.59. The van der Waals surface area contributed by atoms with E-state index in [0.29, 0.717) is 0 Å². The van der Waals surface area contributed by atoms with Gasteiger partial charge in [0.25, 0.3) is 0 Å². The van der Waals surface area contributed by atoms with E-state index in [9.17, 15) is 14.4 Å². The van der Waals surface area contributed by atoms with Crippen molar-refractivity contribution in [2.45, 2.75) is 12.8 Å². The molecule has 0 spiro atoms. The smallest absolute Gasteiger partial charge is 0.308 e. The van der Waals surface area contributed by atoms with Gasteiger partial charge in [-0.15, -0.1) is 0 Å². The number of rotatable bonds is 4. The van der Waals surface area contributed by atoms with Crippen LogP contribution >= 0.6 is 0 Å². The minimum absolute atomic E-state index is 0.127. The molecule has 1 rings (SSSR count). The molecule has 0 heterocycles. The van der Waals surface area contributed by atoms with Gasteiger partial charge < -0.3 is 15.3 Å². The quantitative estimate of drug-likeness (QED) is 0.602. The van der Waals surface area contributed by atoms with Crippen molar-refractivity contribution in [2.24, 2.45) is 17.8 Å². The highest BCUT2D eigenvalue weighted by Gasteiger charge is 2.40. The maximum Gasteiger partial charge on any atom is 0.308 e. The first-order valence-corrected chi connectivity index (χ1v) is 4.77. The van der Waals surface area contributed by atoms with E-state index >= 15 is 0 Å². The van der Waals surface area contributed by atoms with E-state index in [1.165, 1.54) is 12.2 Å². The van der Waals surface area contributed by atoms with Crippen LogP contribution in [-0.2, 0) is 14.4 Å². The summed E-state index contributed by atoms with van der Waals surface area (Å²) < 4.78 is 0. The zero-order valence-corrected chi connectivity index (χ0v) is 8.37. The summed E-state index contributed by atoms with van der Waals surface area (Å²) in [7, 11) is 0. The molecule has 0 saturated heterocycles. The fourth-order valence-electron chi connectivity index (χ4n) is 1.97. The monoisotopic (exact) mass is 228 g/mol. The van der Waals surface area contributed by atoms with Gasteiger partial charge in [0.05, 0.1) is 18.3 Å². The summed E-state index contributed by atoms with van der Waals surface area (Å²) in [6.07, 6.45) is 2.78. The van der Waals surface area contributed by atoms with Crippen LogP contribution < -0.4 is 0 Å². The molecule has 0 bridgehead atoms. The van der Waals surface area contributed by atoms with Crippen molar-refractivity contribution in [1.82, 2.24) is 0 Å². The lowest BCUT2D eigenvalue weighted by Gasteiger charge is -2.28. The van der Waals surface area contributed by atoms with E-state index in [-0.39, 0.29) is 12.8 Å². The van der Waals surface area contributed by atoms with Crippen molar-refractivity contribution in [3.05, 3.63) is 12.2 Å². The predicted molar refractivity (Wildman–Crippen MR) is 51.8 cm³/mol. The van der Waals surface area contributed by atoms with Gasteiger partial charge in [-0.05, 0) is 6.42 Å². The molecule has 0 aromatic heterocycles. The zero-order chi connectivity index (χ0) is 12.3. The van der Waals surface area contributed by atoms with Crippen LogP contribution in [0.3, 0.4) is 0 Å². The Bertz CT molecular complexity index is 345. The Morgan fingerprint density at radius 1 is 1.12 bits per heavy atom. The first-order valence-electron chi connectivity index (χ1n) is 4.77. The Morgan fingerprint density at radius 2 is 1.75 bits per heavy atom. The van der Waals surface area contributed by atoms with Crippen LogP contribution in [0.2, 0.25) is 0 Å². The second-order valence-electron chi connectivity index (χ2n) is 3.73. The summed E-state index contributed by atoms with van der Waals surface area (Å²) in [6.45, 7) is 0. The minimum atomic E-state index is -1.26. The molecule has 0 aliphatic heterocycles. The topological polar surface area (TPSA) is 112 Å². The average Bonchev–Trinajstić information content (AvgIpc) is 2.15. The van der Waals surface area contributed by atoms with Crippen LogP contribution in [0.1, 0.15) is 12.8 Å². The Kier molecular flexibility index (Phi) is 3.65. The molecule has 0 saturated carbocycles. The summed E-state index contributed by atoms with van der Waals surface area (Å²) in [4.78, 5) is 32.4. The molecule has 0 aromatic carbocycles. The largest absolute Gasteiger partial charge is 0.481 e. The van der Waals surface area contributed by atoms with Gasteiger partial charge in [0, 0.05) is 5.92 Å². The lowest BCUT2D eigenvalue weighted by atomic mass is 9.74. The number of carboxylic acid groups (broad SMARTS) is 3. The second-order valence-corrected chi connectivity index (χ2v) is 3.73. The summed E-state index contributed by atoms with van der Waals surface area (Å²) >= 11 is 0. The molecule has 88 valence electrons. The van der Waals surface area contributed by atoms with E-state index in [4.69, 9.17) is 15.3 Å². The zero-order valence-electron chi connectivity index (χ0n) is 8.37. The van der Waals surface area contributed by atoms with Crippen LogP contribution in [0.5, 0.6) is 0 Å². The van der Waals surface area contributed by atoms with Crippen molar-refractivity contribution in [2.75, 3.05) is 0 Å². The number of carboxylic acids is 3. The Labute approximate surface area is 91.2 Å². The predicted octanol–water partition coefficient (Wildman–Crippen LogP) is 0.439. The van der Waals surface area contributed by atoms with Gasteiger partial charge in [0.2, 0.25) is 0 Å². The minimum Gasteiger partial charge on any atom is -0.481 e. The van der Waals surface area contributed by atoms with E-state index in [1.807, 2.05) is 0 Å².